The van der Waals surface area contributed by atoms with E-state index in [1.807, 2.05) is 12.3 Å². The molecular weight excluding hydrogens is 229 g/mol. The van der Waals surface area contributed by atoms with Gasteiger partial charge in [-0.25, -0.2) is 0 Å². The van der Waals surface area contributed by atoms with Crippen molar-refractivity contribution in [2.45, 2.75) is 12.1 Å². The quantitative estimate of drug-likeness (QED) is 0.862. The predicted octanol–water partition coefficient (Wildman–Crippen LogP) is 2.78. The van der Waals surface area contributed by atoms with Crippen LogP contribution < -0.4 is 5.73 Å². The fourth-order valence-corrected chi connectivity index (χ4v) is 1.95. The van der Waals surface area contributed by atoms with E-state index in [0.717, 1.165) is 10.9 Å². The van der Waals surface area contributed by atoms with Crippen molar-refractivity contribution >= 4 is 10.9 Å². The smallest absolute Gasteiger partial charge is 0.351 e. The first-order chi connectivity index (χ1) is 7.93. The van der Waals surface area contributed by atoms with Crippen molar-refractivity contribution in [3.8, 4) is 0 Å². The molecule has 0 aliphatic heterocycles. The zero-order valence-corrected chi connectivity index (χ0v) is 9.33. The van der Waals surface area contributed by atoms with Crippen molar-refractivity contribution in [1.29, 1.82) is 0 Å². The number of aryl methyl sites for hydroxylation is 1. The van der Waals surface area contributed by atoms with Crippen molar-refractivity contribution in [2.24, 2.45) is 12.8 Å². The van der Waals surface area contributed by atoms with Gasteiger partial charge in [-0.1, -0.05) is 12.1 Å². The number of nitrogens with zero attached hydrogens (tertiary/aromatic N) is 1. The Kier molecular flexibility index (Phi) is 2.87. The molecule has 2 rings (SSSR count). The van der Waals surface area contributed by atoms with E-state index < -0.39 is 18.6 Å². The summed E-state index contributed by atoms with van der Waals surface area (Å²) >= 11 is 0. The van der Waals surface area contributed by atoms with Gasteiger partial charge < -0.3 is 10.3 Å². The van der Waals surface area contributed by atoms with Gasteiger partial charge in [0.05, 0.1) is 5.92 Å². The van der Waals surface area contributed by atoms with Gasteiger partial charge in [-0.3, -0.25) is 0 Å². The van der Waals surface area contributed by atoms with Crippen molar-refractivity contribution in [1.82, 2.24) is 4.57 Å². The van der Waals surface area contributed by atoms with Crippen LogP contribution in [0.25, 0.3) is 10.9 Å². The molecule has 1 atom stereocenters. The van der Waals surface area contributed by atoms with Gasteiger partial charge in [-0.05, 0) is 23.1 Å². The molecule has 0 aliphatic carbocycles. The van der Waals surface area contributed by atoms with Gasteiger partial charge in [0.25, 0.3) is 0 Å². The Bertz CT molecular complexity index is 528. The Morgan fingerprint density at radius 1 is 1.29 bits per heavy atom. The minimum Gasteiger partial charge on any atom is -0.351 e. The molecule has 0 fully saturated rings. The summed E-state index contributed by atoms with van der Waals surface area (Å²) in [4.78, 5) is 0. The number of benzene rings is 1. The van der Waals surface area contributed by atoms with Crippen LogP contribution in [0.5, 0.6) is 0 Å². The van der Waals surface area contributed by atoms with Crippen LogP contribution in [-0.2, 0) is 7.05 Å². The maximum absolute atomic E-state index is 12.7. The number of nitrogens with two attached hydrogens (primary N) is 1. The summed E-state index contributed by atoms with van der Waals surface area (Å²) in [5, 5.41) is 0.925. The zero-order chi connectivity index (χ0) is 12.6. The molecule has 1 unspecified atom stereocenters. The van der Waals surface area contributed by atoms with Gasteiger partial charge in [-0.2, -0.15) is 13.2 Å². The highest BCUT2D eigenvalue weighted by Crippen LogP contribution is 2.35. The number of aromatic nitrogens is 1. The van der Waals surface area contributed by atoms with E-state index >= 15 is 0 Å². The molecule has 0 bridgehead atoms. The Balaban J connectivity index is 2.51. The second-order valence-electron chi connectivity index (χ2n) is 4.07. The lowest BCUT2D eigenvalue weighted by molar-refractivity contribution is -0.148. The molecular formula is C12H13F3N2. The molecule has 2 nitrogen and oxygen atoms in total. The second-order valence-corrected chi connectivity index (χ2v) is 4.07. The Morgan fingerprint density at radius 3 is 2.59 bits per heavy atom. The van der Waals surface area contributed by atoms with Crippen LogP contribution in [0.4, 0.5) is 13.2 Å². The lowest BCUT2D eigenvalue weighted by Gasteiger charge is -2.19. The lowest BCUT2D eigenvalue weighted by atomic mass is 9.98. The third-order valence-corrected chi connectivity index (χ3v) is 2.95. The van der Waals surface area contributed by atoms with Crippen molar-refractivity contribution in [3.05, 3.63) is 36.0 Å². The average Bonchev–Trinajstić information content (AvgIpc) is 2.60. The predicted molar refractivity (Wildman–Crippen MR) is 60.8 cm³/mol. The van der Waals surface area contributed by atoms with Crippen LogP contribution in [0, 0.1) is 0 Å². The standard InChI is InChI=1S/C12H13F3N2/c1-17-5-4-8-2-3-9(6-11(8)17)10(7-16)12(13,14)15/h2-6,10H,7,16H2,1H3. The Labute approximate surface area is 96.8 Å². The van der Waals surface area contributed by atoms with Crippen LogP contribution in [-0.4, -0.2) is 17.3 Å². The van der Waals surface area contributed by atoms with Gasteiger partial charge in [-0.15, -0.1) is 0 Å². The molecule has 0 spiro atoms. The average molecular weight is 242 g/mol. The molecule has 1 heterocycles. The fraction of sp³-hybridized carbons (Fsp3) is 0.333. The van der Waals surface area contributed by atoms with E-state index in [0.29, 0.717) is 0 Å². The Hall–Kier alpha value is -1.49. The van der Waals surface area contributed by atoms with Crippen molar-refractivity contribution in [3.63, 3.8) is 0 Å². The number of hydrogen-bond acceptors (Lipinski definition) is 1. The summed E-state index contributed by atoms with van der Waals surface area (Å²) < 4.78 is 40.0. The first-order valence-corrected chi connectivity index (χ1v) is 5.25. The SMILES string of the molecule is Cn1ccc2ccc(C(CN)C(F)(F)F)cc21. The Morgan fingerprint density at radius 2 is 2.00 bits per heavy atom. The minimum atomic E-state index is -4.30. The fourth-order valence-electron chi connectivity index (χ4n) is 1.95. The van der Waals surface area contributed by atoms with Crippen LogP contribution >= 0.6 is 0 Å². The summed E-state index contributed by atoms with van der Waals surface area (Å²) in [5.41, 5.74) is 6.22. The number of alkyl halides is 3. The number of fused-ring (bicyclic) bond motifs is 1. The van der Waals surface area contributed by atoms with Gasteiger partial charge >= 0.3 is 6.18 Å². The van der Waals surface area contributed by atoms with E-state index in [1.165, 1.54) is 6.07 Å². The molecule has 1 aromatic carbocycles. The summed E-state index contributed by atoms with van der Waals surface area (Å²) in [7, 11) is 1.80. The van der Waals surface area contributed by atoms with Gasteiger partial charge in [0.2, 0.25) is 0 Å². The normalized spacial score (nSPS) is 14.2. The van der Waals surface area contributed by atoms with E-state index in [4.69, 9.17) is 5.73 Å². The summed E-state index contributed by atoms with van der Waals surface area (Å²) in [5.74, 6) is -1.60. The van der Waals surface area contributed by atoms with Crippen molar-refractivity contribution < 1.29 is 13.2 Å². The molecule has 92 valence electrons. The molecule has 5 heteroatoms. The molecule has 1 aromatic heterocycles. The molecule has 2 aromatic rings. The van der Waals surface area contributed by atoms with Gasteiger partial charge in [0, 0.05) is 25.3 Å². The van der Waals surface area contributed by atoms with Crippen molar-refractivity contribution in [2.75, 3.05) is 6.54 Å². The second kappa shape index (κ2) is 4.07. The highest BCUT2D eigenvalue weighted by Gasteiger charge is 2.39. The number of rotatable bonds is 2. The van der Waals surface area contributed by atoms with Gasteiger partial charge in [0.1, 0.15) is 0 Å². The van der Waals surface area contributed by atoms with Crippen LogP contribution in [0.15, 0.2) is 30.5 Å². The zero-order valence-electron chi connectivity index (χ0n) is 9.33. The molecule has 0 radical (unpaired) electrons. The topological polar surface area (TPSA) is 30.9 Å². The maximum Gasteiger partial charge on any atom is 0.396 e. The first-order valence-electron chi connectivity index (χ1n) is 5.25. The lowest BCUT2D eigenvalue weighted by Crippen LogP contribution is -2.27. The van der Waals surface area contributed by atoms with Gasteiger partial charge in [0.15, 0.2) is 0 Å². The molecule has 2 N–H and O–H groups in total. The molecule has 0 saturated heterocycles. The first kappa shape index (κ1) is 12.0. The van der Waals surface area contributed by atoms with E-state index in [9.17, 15) is 13.2 Å². The minimum absolute atomic E-state index is 0.217. The van der Waals surface area contributed by atoms with E-state index in [-0.39, 0.29) is 5.56 Å². The highest BCUT2D eigenvalue weighted by molar-refractivity contribution is 5.80. The summed E-state index contributed by atoms with van der Waals surface area (Å²) in [6.07, 6.45) is -2.48. The van der Waals surface area contributed by atoms with E-state index in [2.05, 4.69) is 0 Å². The third-order valence-electron chi connectivity index (χ3n) is 2.95. The largest absolute Gasteiger partial charge is 0.396 e. The van der Waals surface area contributed by atoms with Crippen LogP contribution in [0.3, 0.4) is 0 Å². The highest BCUT2D eigenvalue weighted by atomic mass is 19.4. The summed E-state index contributed by atoms with van der Waals surface area (Å²) in [6.45, 7) is -0.431. The third kappa shape index (κ3) is 2.15. The molecule has 0 aliphatic rings. The summed E-state index contributed by atoms with van der Waals surface area (Å²) in [6, 6.07) is 6.61. The van der Waals surface area contributed by atoms with E-state index in [1.54, 1.807) is 23.7 Å². The molecule has 17 heavy (non-hydrogen) atoms. The number of hydrogen-bond donors (Lipinski definition) is 1. The van der Waals surface area contributed by atoms with Crippen LogP contribution in [0.1, 0.15) is 11.5 Å². The maximum atomic E-state index is 12.7. The number of halogens is 3. The van der Waals surface area contributed by atoms with Crippen LogP contribution in [0.2, 0.25) is 0 Å². The molecule has 0 saturated carbocycles. The monoisotopic (exact) mass is 242 g/mol. The molecule has 0 amide bonds.